The maximum absolute atomic E-state index is 12.6. The van der Waals surface area contributed by atoms with Crippen molar-refractivity contribution in [2.24, 2.45) is 46.3 Å². The highest BCUT2D eigenvalue weighted by Gasteiger charge is 2.60. The van der Waals surface area contributed by atoms with Crippen LogP contribution in [0.4, 0.5) is 0 Å². The molecule has 2 heteroatoms. The summed E-state index contributed by atoms with van der Waals surface area (Å²) in [4.78, 5) is 15.1. The van der Waals surface area contributed by atoms with Gasteiger partial charge in [-0.2, -0.15) is 0 Å². The number of likely N-dealkylation sites (tertiary alicyclic amines) is 1. The first-order chi connectivity index (χ1) is 13.4. The fourth-order valence-corrected chi connectivity index (χ4v) is 9.11. The normalized spacial score (nSPS) is 51.6. The molecule has 0 radical (unpaired) electrons. The molecular formula is C26H43NO. The topological polar surface area (TPSA) is 20.3 Å². The smallest absolute Gasteiger partial charge is 0.139 e. The third kappa shape index (κ3) is 3.03. The van der Waals surface area contributed by atoms with Crippen LogP contribution in [0, 0.1) is 46.3 Å². The van der Waals surface area contributed by atoms with Gasteiger partial charge in [-0.25, -0.2) is 0 Å². The van der Waals surface area contributed by atoms with E-state index < -0.39 is 0 Å². The first-order valence-corrected chi connectivity index (χ1v) is 12.6. The average Bonchev–Trinajstić information content (AvgIpc) is 3.23. The highest BCUT2D eigenvalue weighted by molar-refractivity contribution is 5.87. The molecule has 5 rings (SSSR count). The summed E-state index contributed by atoms with van der Waals surface area (Å²) in [5.74, 6) is 6.04. The van der Waals surface area contributed by atoms with Crippen molar-refractivity contribution in [1.29, 1.82) is 0 Å². The Kier molecular flexibility index (Phi) is 4.97. The molecule has 2 nitrogen and oxygen atoms in total. The van der Waals surface area contributed by atoms with Crippen LogP contribution >= 0.6 is 0 Å². The van der Waals surface area contributed by atoms with Crippen LogP contribution in [0.5, 0.6) is 0 Å². The molecule has 0 spiro atoms. The zero-order valence-corrected chi connectivity index (χ0v) is 18.7. The number of Topliss-reactive ketones (excluding diaryl/α,β-unsaturated/α-hetero) is 1. The van der Waals surface area contributed by atoms with Gasteiger partial charge in [0.1, 0.15) is 5.78 Å². The second kappa shape index (κ2) is 7.10. The third-order valence-electron chi connectivity index (χ3n) is 11.0. The molecular weight excluding hydrogens is 342 g/mol. The van der Waals surface area contributed by atoms with Crippen LogP contribution < -0.4 is 0 Å². The number of nitrogens with zero attached hydrogens (tertiary/aromatic N) is 1. The van der Waals surface area contributed by atoms with Crippen LogP contribution in [-0.2, 0) is 4.79 Å². The first kappa shape index (κ1) is 19.6. The van der Waals surface area contributed by atoms with E-state index in [0.717, 1.165) is 36.0 Å². The fraction of sp³-hybridized carbons (Fsp3) is 0.962. The Morgan fingerprint density at radius 3 is 2.54 bits per heavy atom. The van der Waals surface area contributed by atoms with Crippen LogP contribution in [0.2, 0.25) is 0 Å². The zero-order chi connectivity index (χ0) is 19.5. The molecule has 4 saturated carbocycles. The summed E-state index contributed by atoms with van der Waals surface area (Å²) >= 11 is 0. The van der Waals surface area contributed by atoms with Crippen molar-refractivity contribution in [1.82, 2.24) is 4.90 Å². The predicted octanol–water partition coefficient (Wildman–Crippen LogP) is 5.95. The lowest BCUT2D eigenvalue weighted by atomic mass is 9.44. The van der Waals surface area contributed by atoms with Gasteiger partial charge < -0.3 is 4.90 Å². The summed E-state index contributed by atoms with van der Waals surface area (Å²) < 4.78 is 0. The number of fused-ring (bicyclic) bond motifs is 5. The lowest BCUT2D eigenvalue weighted by Gasteiger charge is -2.60. The number of carbonyl (C=O) groups excluding carboxylic acids is 1. The monoisotopic (exact) mass is 385 g/mol. The Bertz CT molecular complexity index is 616. The number of rotatable bonds is 3. The van der Waals surface area contributed by atoms with Crippen LogP contribution in [0.1, 0.15) is 90.9 Å². The molecule has 5 fully saturated rings. The average molecular weight is 386 g/mol. The molecule has 5 aliphatic rings. The highest BCUT2D eigenvalue weighted by atomic mass is 16.1. The molecule has 6 unspecified atom stereocenters. The Morgan fingerprint density at radius 1 is 0.929 bits per heavy atom. The van der Waals surface area contributed by atoms with Crippen molar-refractivity contribution < 1.29 is 4.79 Å². The summed E-state index contributed by atoms with van der Waals surface area (Å²) in [6.07, 6.45) is 16.4. The first-order valence-electron chi connectivity index (χ1n) is 12.6. The van der Waals surface area contributed by atoms with E-state index >= 15 is 0 Å². The minimum absolute atomic E-state index is 0.0516. The highest BCUT2D eigenvalue weighted by Crippen LogP contribution is 2.66. The lowest BCUT2D eigenvalue weighted by Crippen LogP contribution is -2.53. The minimum atomic E-state index is 0.0516. The second-order valence-electron chi connectivity index (χ2n) is 12.2. The van der Waals surface area contributed by atoms with Crippen molar-refractivity contribution in [2.45, 2.75) is 90.9 Å². The van der Waals surface area contributed by atoms with E-state index in [4.69, 9.17) is 0 Å². The Hall–Kier alpha value is -0.370. The summed E-state index contributed by atoms with van der Waals surface area (Å²) in [6.45, 7) is 7.67. The van der Waals surface area contributed by atoms with Gasteiger partial charge >= 0.3 is 0 Å². The minimum Gasteiger partial charge on any atom is -0.306 e. The van der Waals surface area contributed by atoms with Crippen LogP contribution in [-0.4, -0.2) is 30.8 Å². The van der Waals surface area contributed by atoms with Gasteiger partial charge in [0.2, 0.25) is 0 Å². The molecule has 28 heavy (non-hydrogen) atoms. The maximum atomic E-state index is 12.6. The molecule has 1 heterocycles. The number of hydrogen-bond acceptors (Lipinski definition) is 2. The molecule has 0 amide bonds. The van der Waals surface area contributed by atoms with Crippen LogP contribution in [0.15, 0.2) is 0 Å². The molecule has 0 aromatic carbocycles. The Balaban J connectivity index is 1.23. The predicted molar refractivity (Wildman–Crippen MR) is 115 cm³/mol. The summed E-state index contributed by atoms with van der Waals surface area (Å²) in [5.41, 5.74) is 0.635. The second-order valence-corrected chi connectivity index (χ2v) is 12.2. The van der Waals surface area contributed by atoms with E-state index in [1.54, 1.807) is 0 Å². The molecule has 0 aromatic rings. The van der Waals surface area contributed by atoms with Crippen LogP contribution in [0.3, 0.4) is 0 Å². The largest absolute Gasteiger partial charge is 0.306 e. The number of carbonyl (C=O) groups is 1. The molecule has 8 atom stereocenters. The fourth-order valence-electron chi connectivity index (χ4n) is 9.11. The van der Waals surface area contributed by atoms with Gasteiger partial charge in [-0.15, -0.1) is 0 Å². The molecule has 4 aliphatic carbocycles. The van der Waals surface area contributed by atoms with Gasteiger partial charge in [0.25, 0.3) is 0 Å². The van der Waals surface area contributed by atoms with Crippen molar-refractivity contribution in [3.63, 3.8) is 0 Å². The van der Waals surface area contributed by atoms with Gasteiger partial charge in [0, 0.05) is 18.4 Å². The summed E-state index contributed by atoms with van der Waals surface area (Å²) in [7, 11) is 2.29. The zero-order valence-electron chi connectivity index (χ0n) is 18.7. The quantitative estimate of drug-likeness (QED) is 0.598. The number of ketones is 1. The van der Waals surface area contributed by atoms with Crippen molar-refractivity contribution >= 4 is 5.78 Å². The van der Waals surface area contributed by atoms with E-state index in [-0.39, 0.29) is 5.41 Å². The summed E-state index contributed by atoms with van der Waals surface area (Å²) in [6, 6.07) is 0. The van der Waals surface area contributed by atoms with E-state index in [2.05, 4.69) is 25.8 Å². The third-order valence-corrected chi connectivity index (χ3v) is 11.0. The lowest BCUT2D eigenvalue weighted by molar-refractivity contribution is -0.140. The van der Waals surface area contributed by atoms with Crippen molar-refractivity contribution in [3.05, 3.63) is 0 Å². The molecule has 1 aliphatic heterocycles. The Morgan fingerprint density at radius 2 is 1.75 bits per heavy atom. The van der Waals surface area contributed by atoms with E-state index in [1.165, 1.54) is 83.7 Å². The summed E-state index contributed by atoms with van der Waals surface area (Å²) in [5, 5.41) is 0. The van der Waals surface area contributed by atoms with Gasteiger partial charge in [-0.05, 0) is 119 Å². The van der Waals surface area contributed by atoms with Gasteiger partial charge in [-0.1, -0.05) is 20.3 Å². The van der Waals surface area contributed by atoms with Gasteiger partial charge in [0.05, 0.1) is 0 Å². The van der Waals surface area contributed by atoms with Crippen molar-refractivity contribution in [2.75, 3.05) is 20.1 Å². The van der Waals surface area contributed by atoms with E-state index in [9.17, 15) is 4.79 Å². The van der Waals surface area contributed by atoms with Crippen LogP contribution in [0.25, 0.3) is 0 Å². The van der Waals surface area contributed by atoms with E-state index in [1.807, 2.05) is 0 Å². The molecule has 158 valence electrons. The van der Waals surface area contributed by atoms with Gasteiger partial charge in [0.15, 0.2) is 0 Å². The molecule has 0 bridgehead atoms. The molecule has 0 N–H and O–H groups in total. The Labute approximate surface area is 173 Å². The number of hydrogen-bond donors (Lipinski definition) is 0. The van der Waals surface area contributed by atoms with Gasteiger partial charge in [-0.3, -0.25) is 4.79 Å². The van der Waals surface area contributed by atoms with Crippen molar-refractivity contribution in [3.8, 4) is 0 Å². The molecule has 0 aromatic heterocycles. The maximum Gasteiger partial charge on any atom is 0.139 e. The SMILES string of the molecule is CN1CCC(CCC2CC[C@@]3(C)C(CCC4C3CC[C@]3(C)C(=O)CCC43)C2)C1. The standard InChI is InChI=1S/C26H43NO/c1-25-13-10-18(4-5-19-12-15-27(3)17-19)16-20(25)6-7-21-22-8-9-24(28)26(22,2)14-11-23(21)25/h18-23H,4-17H2,1-3H3/t18?,19?,20?,21?,22?,23?,25-,26-/m0/s1. The molecule has 1 saturated heterocycles. The van der Waals surface area contributed by atoms with E-state index in [0.29, 0.717) is 17.1 Å².